The quantitative estimate of drug-likeness (QED) is 0.101. The highest BCUT2D eigenvalue weighted by Gasteiger charge is 2.30. The van der Waals surface area contributed by atoms with Crippen LogP contribution >= 0.6 is 27.3 Å². The van der Waals surface area contributed by atoms with Crippen LogP contribution in [0.15, 0.2) is 51.5 Å². The molecule has 0 aromatic carbocycles. The standard InChI is InChI=1S/C22H28BrN5OS/c1-4-6-7-10-18(15-17(23)5-2)25-27-26-21(24)19-11-8-9-14-28(19)22(29)20-13-12-16(3)30-20/h2,4,6,12-13,15,17,19H,7-11,14H2,1,3H3,(H2,24,25,26)/b6-4-,18-15+. The number of alkyl halides is 1. The summed E-state index contributed by atoms with van der Waals surface area (Å²) in [5.41, 5.74) is 6.96. The van der Waals surface area contributed by atoms with Gasteiger partial charge in [0.2, 0.25) is 0 Å². The van der Waals surface area contributed by atoms with E-state index in [9.17, 15) is 4.79 Å². The molecule has 1 saturated heterocycles. The highest BCUT2D eigenvalue weighted by atomic mass is 79.9. The molecular weight excluding hydrogens is 462 g/mol. The van der Waals surface area contributed by atoms with Gasteiger partial charge >= 0.3 is 0 Å². The van der Waals surface area contributed by atoms with Gasteiger partial charge in [-0.3, -0.25) is 4.79 Å². The lowest BCUT2D eigenvalue weighted by Gasteiger charge is -2.34. The van der Waals surface area contributed by atoms with Crippen LogP contribution in [0.25, 0.3) is 0 Å². The van der Waals surface area contributed by atoms with E-state index in [0.29, 0.717) is 18.8 Å². The van der Waals surface area contributed by atoms with Gasteiger partial charge < -0.3 is 10.6 Å². The van der Waals surface area contributed by atoms with Crippen molar-refractivity contribution in [1.82, 2.24) is 4.90 Å². The molecule has 1 aromatic rings. The fourth-order valence-electron chi connectivity index (χ4n) is 3.15. The Morgan fingerprint density at radius 1 is 1.50 bits per heavy atom. The number of thiophene rings is 1. The minimum Gasteiger partial charge on any atom is -0.384 e. The van der Waals surface area contributed by atoms with Crippen molar-refractivity contribution in [2.75, 3.05) is 6.54 Å². The zero-order valence-electron chi connectivity index (χ0n) is 17.4. The van der Waals surface area contributed by atoms with E-state index in [1.165, 1.54) is 11.3 Å². The molecule has 2 N–H and O–H groups in total. The van der Waals surface area contributed by atoms with Crippen LogP contribution in [0, 0.1) is 19.3 Å². The predicted octanol–water partition coefficient (Wildman–Crippen LogP) is 5.41. The lowest BCUT2D eigenvalue weighted by molar-refractivity contribution is 0.0684. The molecule has 1 aromatic heterocycles. The van der Waals surface area contributed by atoms with Crippen LogP contribution in [0.5, 0.6) is 0 Å². The van der Waals surface area contributed by atoms with Crippen LogP contribution < -0.4 is 5.73 Å². The molecule has 6 nitrogen and oxygen atoms in total. The Hall–Kier alpha value is -2.24. The Kier molecular flexibility index (Phi) is 9.98. The second kappa shape index (κ2) is 12.5. The minimum atomic E-state index is -0.266. The molecule has 0 bridgehead atoms. The van der Waals surface area contributed by atoms with Crippen molar-refractivity contribution < 1.29 is 4.79 Å². The normalized spacial score (nSPS) is 19.4. The largest absolute Gasteiger partial charge is 0.384 e. The van der Waals surface area contributed by atoms with Gasteiger partial charge in [0.25, 0.3) is 5.91 Å². The number of allylic oxidation sites excluding steroid dienone is 4. The van der Waals surface area contributed by atoms with Crippen LogP contribution in [0.3, 0.4) is 0 Å². The summed E-state index contributed by atoms with van der Waals surface area (Å²) in [5, 5.41) is 12.3. The molecule has 0 saturated carbocycles. The van der Waals surface area contributed by atoms with Crippen LogP contribution in [-0.2, 0) is 0 Å². The zero-order chi connectivity index (χ0) is 21.9. The summed E-state index contributed by atoms with van der Waals surface area (Å²) >= 11 is 4.88. The van der Waals surface area contributed by atoms with E-state index in [1.54, 1.807) is 4.90 Å². The molecule has 0 spiro atoms. The summed E-state index contributed by atoms with van der Waals surface area (Å²) in [7, 11) is 0. The number of piperidine rings is 1. The summed E-state index contributed by atoms with van der Waals surface area (Å²) in [6.45, 7) is 4.62. The molecule has 8 heteroatoms. The van der Waals surface area contributed by atoms with Gasteiger partial charge in [-0.15, -0.1) is 28.0 Å². The molecule has 30 heavy (non-hydrogen) atoms. The number of hydrogen-bond acceptors (Lipinski definition) is 4. The SMILES string of the molecule is C#CC(Br)/C=C(CC/C=C\C)/N=N/N=C(\N)C1CCCCN1C(=O)c1ccc(C)s1. The molecule has 2 unspecified atom stereocenters. The van der Waals surface area contributed by atoms with Gasteiger partial charge in [0, 0.05) is 11.4 Å². The van der Waals surface area contributed by atoms with Crippen LogP contribution in [-0.4, -0.2) is 34.1 Å². The third-order valence-corrected chi connectivity index (χ3v) is 6.21. The summed E-state index contributed by atoms with van der Waals surface area (Å²) in [4.78, 5) is 16.4. The van der Waals surface area contributed by atoms with E-state index in [0.717, 1.165) is 41.1 Å². The van der Waals surface area contributed by atoms with Gasteiger partial charge in [-0.1, -0.05) is 34.0 Å². The summed E-state index contributed by atoms with van der Waals surface area (Å²) < 4.78 is 0. The van der Waals surface area contributed by atoms with Crippen molar-refractivity contribution in [1.29, 1.82) is 0 Å². The Labute approximate surface area is 191 Å². The first-order valence-electron chi connectivity index (χ1n) is 9.99. The molecule has 0 aliphatic carbocycles. The second-order valence-corrected chi connectivity index (χ2v) is 9.24. The highest BCUT2D eigenvalue weighted by Crippen LogP contribution is 2.24. The van der Waals surface area contributed by atoms with Crippen molar-refractivity contribution in [2.24, 2.45) is 21.2 Å². The van der Waals surface area contributed by atoms with E-state index in [4.69, 9.17) is 12.2 Å². The predicted molar refractivity (Wildman–Crippen MR) is 128 cm³/mol. The molecule has 1 fully saturated rings. The minimum absolute atomic E-state index is 0.00372. The molecule has 1 aliphatic rings. The van der Waals surface area contributed by atoms with Crippen molar-refractivity contribution in [2.45, 2.75) is 56.8 Å². The molecule has 1 aliphatic heterocycles. The first kappa shape index (κ1) is 24.0. The topological polar surface area (TPSA) is 83.4 Å². The Balaban J connectivity index is 2.14. The van der Waals surface area contributed by atoms with Gasteiger partial charge in [-0.2, -0.15) is 0 Å². The summed E-state index contributed by atoms with van der Waals surface area (Å²) in [6, 6.07) is 3.56. The maximum Gasteiger partial charge on any atom is 0.264 e. The number of nitrogens with zero attached hydrogens (tertiary/aromatic N) is 4. The maximum atomic E-state index is 12.9. The average Bonchev–Trinajstić information content (AvgIpc) is 3.19. The van der Waals surface area contributed by atoms with Gasteiger partial charge in [0.15, 0.2) is 0 Å². The molecule has 2 atom stereocenters. The first-order chi connectivity index (χ1) is 14.5. The number of terminal acetylenes is 1. The fraction of sp³-hybridized carbons (Fsp3) is 0.455. The summed E-state index contributed by atoms with van der Waals surface area (Å²) in [5.74, 6) is 2.89. The number of halogens is 1. The maximum absolute atomic E-state index is 12.9. The Morgan fingerprint density at radius 2 is 2.30 bits per heavy atom. The molecule has 2 heterocycles. The molecule has 2 rings (SSSR count). The van der Waals surface area contributed by atoms with Crippen LogP contribution in [0.1, 0.15) is 53.6 Å². The second-order valence-electron chi connectivity index (χ2n) is 6.97. The Bertz CT molecular complexity index is 880. The van der Waals surface area contributed by atoms with Gasteiger partial charge in [0.1, 0.15) is 5.84 Å². The number of nitrogens with two attached hydrogens (primary N) is 1. The zero-order valence-corrected chi connectivity index (χ0v) is 19.8. The van der Waals surface area contributed by atoms with E-state index < -0.39 is 0 Å². The monoisotopic (exact) mass is 489 g/mol. The van der Waals surface area contributed by atoms with Crippen molar-refractivity contribution in [3.63, 3.8) is 0 Å². The highest BCUT2D eigenvalue weighted by molar-refractivity contribution is 9.09. The van der Waals surface area contributed by atoms with Gasteiger partial charge in [-0.05, 0) is 69.4 Å². The van der Waals surface area contributed by atoms with Crippen molar-refractivity contribution in [3.8, 4) is 12.3 Å². The van der Waals surface area contributed by atoms with Crippen LogP contribution in [0.4, 0.5) is 0 Å². The van der Waals surface area contributed by atoms with Gasteiger partial charge in [0.05, 0.1) is 21.4 Å². The molecule has 160 valence electrons. The molecular formula is C22H28BrN5OS. The third kappa shape index (κ3) is 7.22. The van der Waals surface area contributed by atoms with Crippen molar-refractivity contribution >= 4 is 39.0 Å². The van der Waals surface area contributed by atoms with E-state index in [1.807, 2.05) is 38.1 Å². The number of amides is 1. The third-order valence-electron chi connectivity index (χ3n) is 4.69. The number of aryl methyl sites for hydroxylation is 1. The fourth-order valence-corrected chi connectivity index (χ4v) is 4.28. The Morgan fingerprint density at radius 3 is 2.97 bits per heavy atom. The van der Waals surface area contributed by atoms with E-state index >= 15 is 0 Å². The number of carbonyl (C=O) groups excluding carboxylic acids is 1. The number of hydrogen-bond donors (Lipinski definition) is 1. The van der Waals surface area contributed by atoms with E-state index in [2.05, 4.69) is 43.4 Å². The lowest BCUT2D eigenvalue weighted by atomic mass is 10.0. The number of carbonyl (C=O) groups is 1. The van der Waals surface area contributed by atoms with Gasteiger partial charge in [-0.25, -0.2) is 0 Å². The molecule has 1 amide bonds. The van der Waals surface area contributed by atoms with E-state index in [-0.39, 0.29) is 16.8 Å². The van der Waals surface area contributed by atoms with Crippen LogP contribution in [0.2, 0.25) is 0 Å². The number of likely N-dealkylation sites (tertiary alicyclic amines) is 1. The molecule has 0 radical (unpaired) electrons. The number of rotatable bonds is 8. The number of amidine groups is 1. The smallest absolute Gasteiger partial charge is 0.264 e. The lowest BCUT2D eigenvalue weighted by Crippen LogP contribution is -2.50. The average molecular weight is 490 g/mol. The van der Waals surface area contributed by atoms with Crippen molar-refractivity contribution in [3.05, 3.63) is 45.8 Å². The summed E-state index contributed by atoms with van der Waals surface area (Å²) in [6.07, 6.45) is 15.5. The first-order valence-corrected chi connectivity index (χ1v) is 11.7.